The summed E-state index contributed by atoms with van der Waals surface area (Å²) in [5, 5.41) is 9.50. The van der Waals surface area contributed by atoms with E-state index >= 15 is 0 Å². The molecule has 2 aromatic heterocycles. The number of nitrogens with zero attached hydrogens (tertiary/aromatic N) is 5. The molecule has 0 saturated carbocycles. The third kappa shape index (κ3) is 6.10. The van der Waals surface area contributed by atoms with E-state index in [2.05, 4.69) is 10.2 Å². The van der Waals surface area contributed by atoms with Crippen molar-refractivity contribution in [3.63, 3.8) is 0 Å². The minimum Gasteiger partial charge on any atom is -0.463 e. The summed E-state index contributed by atoms with van der Waals surface area (Å²) in [7, 11) is -0.550. The van der Waals surface area contributed by atoms with Crippen molar-refractivity contribution in [2.45, 2.75) is 18.7 Å². The topological polar surface area (TPSA) is 97.6 Å². The Labute approximate surface area is 231 Å². The molecule has 0 atom stereocenters. The average Bonchev–Trinajstić information content (AvgIpc) is 3.18. The molecule has 38 heavy (non-hydrogen) atoms. The van der Waals surface area contributed by atoms with Gasteiger partial charge in [0.1, 0.15) is 13.2 Å². The van der Waals surface area contributed by atoms with Gasteiger partial charge in [0, 0.05) is 28.2 Å². The first kappa shape index (κ1) is 27.8. The van der Waals surface area contributed by atoms with Gasteiger partial charge < -0.3 is 9.64 Å². The Morgan fingerprint density at radius 1 is 1.00 bits per heavy atom. The summed E-state index contributed by atoms with van der Waals surface area (Å²) in [4.78, 5) is 14.5. The van der Waals surface area contributed by atoms with Gasteiger partial charge in [0.25, 0.3) is 10.0 Å². The molecule has 0 amide bonds. The van der Waals surface area contributed by atoms with Crippen molar-refractivity contribution in [3.8, 4) is 5.82 Å². The van der Waals surface area contributed by atoms with Crippen LogP contribution in [0.5, 0.6) is 0 Å². The molecule has 4 rings (SSSR count). The Hall–Kier alpha value is -3.18. The fraction of sp³-hybridized carbons (Fsp3) is 0.269. The van der Waals surface area contributed by atoms with Crippen molar-refractivity contribution in [3.05, 3.63) is 76.0 Å². The lowest BCUT2D eigenvalue weighted by atomic mass is 10.2. The Kier molecular flexibility index (Phi) is 8.27. The molecule has 0 unspecified atom stereocenters. The number of aryl methyl sites for hydroxylation is 2. The molecule has 0 aliphatic rings. The van der Waals surface area contributed by atoms with Crippen LogP contribution in [0.2, 0.25) is 10.0 Å². The third-order valence-corrected chi connectivity index (χ3v) is 7.99. The first-order chi connectivity index (χ1) is 18.0. The number of hydrogen-bond donors (Lipinski definition) is 0. The lowest BCUT2D eigenvalue weighted by Gasteiger charge is -2.24. The number of carbonyl (C=O) groups excluding carboxylic acids is 1. The number of sulfonamides is 1. The average molecular weight is 577 g/mol. The van der Waals surface area contributed by atoms with E-state index in [1.165, 1.54) is 18.2 Å². The molecular weight excluding hydrogens is 549 g/mol. The number of esters is 1. The molecule has 0 fully saturated rings. The van der Waals surface area contributed by atoms with Crippen LogP contribution in [0.4, 0.5) is 5.69 Å². The number of ether oxygens (including phenoxy) is 1. The van der Waals surface area contributed by atoms with Crippen molar-refractivity contribution in [1.29, 1.82) is 0 Å². The van der Waals surface area contributed by atoms with Crippen molar-refractivity contribution in [2.24, 2.45) is 0 Å². The van der Waals surface area contributed by atoms with Gasteiger partial charge in [0.15, 0.2) is 5.82 Å². The van der Waals surface area contributed by atoms with Gasteiger partial charge >= 0.3 is 5.97 Å². The zero-order chi connectivity index (χ0) is 27.6. The maximum absolute atomic E-state index is 13.8. The van der Waals surface area contributed by atoms with E-state index in [4.69, 9.17) is 27.9 Å². The van der Waals surface area contributed by atoms with Gasteiger partial charge in [-0.3, -0.25) is 13.7 Å². The van der Waals surface area contributed by atoms with E-state index in [1.807, 2.05) is 55.7 Å². The predicted octanol–water partition coefficient (Wildman–Crippen LogP) is 4.64. The van der Waals surface area contributed by atoms with E-state index in [-0.39, 0.29) is 27.2 Å². The number of benzene rings is 2. The Morgan fingerprint density at radius 3 is 2.34 bits per heavy atom. The molecule has 0 bridgehead atoms. The minimum absolute atomic E-state index is 0.126. The van der Waals surface area contributed by atoms with Crippen molar-refractivity contribution < 1.29 is 17.9 Å². The lowest BCUT2D eigenvalue weighted by Crippen LogP contribution is -2.37. The highest BCUT2D eigenvalue weighted by molar-refractivity contribution is 7.92. The second-order valence-electron chi connectivity index (χ2n) is 9.06. The van der Waals surface area contributed by atoms with Crippen LogP contribution in [-0.4, -0.2) is 67.8 Å². The number of halogens is 2. The predicted molar refractivity (Wildman–Crippen MR) is 149 cm³/mol. The molecule has 12 heteroatoms. The summed E-state index contributed by atoms with van der Waals surface area (Å²) in [6.07, 6.45) is 1.90. The Bertz CT molecular complexity index is 1570. The molecule has 0 spiro atoms. The van der Waals surface area contributed by atoms with E-state index in [1.54, 1.807) is 18.2 Å². The number of anilines is 1. The van der Waals surface area contributed by atoms with Crippen LogP contribution in [0.25, 0.3) is 16.7 Å². The van der Waals surface area contributed by atoms with Gasteiger partial charge in [-0.05, 0) is 82.0 Å². The minimum atomic E-state index is -4.24. The van der Waals surface area contributed by atoms with Gasteiger partial charge in [-0.1, -0.05) is 23.2 Å². The summed E-state index contributed by atoms with van der Waals surface area (Å²) < 4.78 is 35.8. The molecular formula is C26H27Cl2N5O4S. The quantitative estimate of drug-likeness (QED) is 0.268. The second-order valence-corrected chi connectivity index (χ2v) is 11.8. The highest BCUT2D eigenvalue weighted by Gasteiger charge is 2.29. The molecule has 200 valence electrons. The highest BCUT2D eigenvalue weighted by Crippen LogP contribution is 2.32. The standard InChI is InChI=1S/C26H27Cl2N5O4S/c1-17-15-32(25-8-5-18(2)29-30-25)24-7-6-21(14-23(17)24)33(16-26(34)37-10-9-31(3)4)38(35,36)22-12-19(27)11-20(28)13-22/h5-8,11-15H,9-10,16H2,1-4H3. The maximum atomic E-state index is 13.8. The van der Waals surface area contributed by atoms with Crippen molar-refractivity contribution in [2.75, 3.05) is 38.1 Å². The molecule has 2 aromatic carbocycles. The molecule has 2 heterocycles. The molecule has 4 aromatic rings. The number of aromatic nitrogens is 3. The summed E-state index contributed by atoms with van der Waals surface area (Å²) in [6, 6.07) is 12.9. The first-order valence-electron chi connectivity index (χ1n) is 11.7. The smallest absolute Gasteiger partial charge is 0.326 e. The van der Waals surface area contributed by atoms with Gasteiger partial charge in [-0.15, -0.1) is 5.10 Å². The van der Waals surface area contributed by atoms with Crippen LogP contribution >= 0.6 is 23.2 Å². The zero-order valence-electron chi connectivity index (χ0n) is 21.4. The van der Waals surface area contributed by atoms with E-state index in [9.17, 15) is 13.2 Å². The third-order valence-electron chi connectivity index (χ3n) is 5.80. The van der Waals surface area contributed by atoms with Crippen molar-refractivity contribution >= 4 is 55.8 Å². The van der Waals surface area contributed by atoms with Crippen LogP contribution in [0, 0.1) is 13.8 Å². The van der Waals surface area contributed by atoms with Gasteiger partial charge in [-0.25, -0.2) is 8.42 Å². The maximum Gasteiger partial charge on any atom is 0.326 e. The Balaban J connectivity index is 1.78. The summed E-state index contributed by atoms with van der Waals surface area (Å²) in [6.45, 7) is 3.86. The van der Waals surface area contributed by atoms with Crippen LogP contribution in [0.15, 0.2) is 59.6 Å². The van der Waals surface area contributed by atoms with Gasteiger partial charge in [-0.2, -0.15) is 5.10 Å². The first-order valence-corrected chi connectivity index (χ1v) is 13.9. The molecule has 0 aliphatic carbocycles. The normalized spacial score (nSPS) is 11.8. The van der Waals surface area contributed by atoms with Crippen LogP contribution in [0.1, 0.15) is 11.3 Å². The van der Waals surface area contributed by atoms with Gasteiger partial charge in [0.05, 0.1) is 21.8 Å². The fourth-order valence-corrected chi connectivity index (χ4v) is 6.00. The number of carbonyl (C=O) groups is 1. The molecule has 0 saturated heterocycles. The van der Waals surface area contributed by atoms with E-state index < -0.39 is 22.5 Å². The number of hydrogen-bond acceptors (Lipinski definition) is 7. The molecule has 0 radical (unpaired) electrons. The monoisotopic (exact) mass is 575 g/mol. The Morgan fingerprint density at radius 2 is 1.71 bits per heavy atom. The summed E-state index contributed by atoms with van der Waals surface area (Å²) in [5.41, 5.74) is 2.78. The van der Waals surface area contributed by atoms with Crippen LogP contribution in [-0.2, 0) is 19.6 Å². The van der Waals surface area contributed by atoms with Crippen LogP contribution < -0.4 is 4.31 Å². The highest BCUT2D eigenvalue weighted by atomic mass is 35.5. The molecule has 9 nitrogen and oxygen atoms in total. The zero-order valence-corrected chi connectivity index (χ0v) is 23.7. The van der Waals surface area contributed by atoms with E-state index in [0.717, 1.165) is 26.5 Å². The van der Waals surface area contributed by atoms with E-state index in [0.29, 0.717) is 12.4 Å². The number of rotatable bonds is 9. The summed E-state index contributed by atoms with van der Waals surface area (Å²) in [5.74, 6) is -0.0585. The number of likely N-dealkylation sites (N-methyl/N-ethyl adjacent to an activating group) is 1. The summed E-state index contributed by atoms with van der Waals surface area (Å²) >= 11 is 12.2. The van der Waals surface area contributed by atoms with Crippen LogP contribution in [0.3, 0.4) is 0 Å². The number of fused-ring (bicyclic) bond motifs is 1. The lowest BCUT2D eigenvalue weighted by molar-refractivity contribution is -0.142. The SMILES string of the molecule is Cc1ccc(-n2cc(C)c3cc(N(CC(=O)OCCN(C)C)S(=O)(=O)c4cc(Cl)cc(Cl)c4)ccc32)nn1. The second kappa shape index (κ2) is 11.3. The largest absolute Gasteiger partial charge is 0.463 e. The fourth-order valence-electron chi connectivity index (χ4n) is 3.87. The van der Waals surface area contributed by atoms with Gasteiger partial charge in [0.2, 0.25) is 0 Å². The molecule has 0 aliphatic heterocycles. The molecule has 0 N–H and O–H groups in total. The van der Waals surface area contributed by atoms with Crippen molar-refractivity contribution in [1.82, 2.24) is 19.7 Å².